The van der Waals surface area contributed by atoms with E-state index in [4.69, 9.17) is 0 Å². The first-order valence-corrected chi connectivity index (χ1v) is 7.67. The maximum absolute atomic E-state index is 3.44. The number of anilines is 1. The number of hydrogen-bond acceptors (Lipinski definition) is 4. The molecule has 20 heavy (non-hydrogen) atoms. The predicted molar refractivity (Wildman–Crippen MR) is 84.2 cm³/mol. The third-order valence-corrected chi connectivity index (χ3v) is 4.35. The minimum Gasteiger partial charge on any atom is -0.369 e. The van der Waals surface area contributed by atoms with Crippen LogP contribution in [0.1, 0.15) is 11.1 Å². The summed E-state index contributed by atoms with van der Waals surface area (Å²) in [6.45, 7) is 9.00. The molecule has 1 fully saturated rings. The van der Waals surface area contributed by atoms with Crippen molar-refractivity contribution in [1.82, 2.24) is 15.1 Å². The van der Waals surface area contributed by atoms with Crippen molar-refractivity contribution >= 4 is 5.69 Å². The number of fused-ring (bicyclic) bond motifs is 1. The van der Waals surface area contributed by atoms with Crippen LogP contribution in [0.3, 0.4) is 0 Å². The molecule has 0 amide bonds. The zero-order valence-corrected chi connectivity index (χ0v) is 12.7. The van der Waals surface area contributed by atoms with E-state index < -0.39 is 0 Å². The first kappa shape index (κ1) is 13.9. The highest BCUT2D eigenvalue weighted by Crippen LogP contribution is 2.31. The van der Waals surface area contributed by atoms with E-state index in [1.54, 1.807) is 5.56 Å². The number of piperazine rings is 1. The molecule has 2 aliphatic rings. The zero-order chi connectivity index (χ0) is 13.9. The highest BCUT2D eigenvalue weighted by molar-refractivity contribution is 5.58. The Hall–Kier alpha value is -1.10. The van der Waals surface area contributed by atoms with Crippen molar-refractivity contribution in [2.45, 2.75) is 13.1 Å². The third kappa shape index (κ3) is 2.97. The molecule has 1 aromatic carbocycles. The number of nitrogens with zero attached hydrogens (tertiary/aromatic N) is 3. The van der Waals surface area contributed by atoms with Crippen molar-refractivity contribution in [2.24, 2.45) is 0 Å². The molecule has 0 unspecified atom stereocenters. The van der Waals surface area contributed by atoms with Gasteiger partial charge in [-0.15, -0.1) is 0 Å². The summed E-state index contributed by atoms with van der Waals surface area (Å²) in [6, 6.07) is 6.84. The van der Waals surface area contributed by atoms with E-state index >= 15 is 0 Å². The Morgan fingerprint density at radius 3 is 2.70 bits per heavy atom. The fourth-order valence-electron chi connectivity index (χ4n) is 3.17. The van der Waals surface area contributed by atoms with Crippen molar-refractivity contribution in [3.05, 3.63) is 29.3 Å². The summed E-state index contributed by atoms with van der Waals surface area (Å²) < 4.78 is 0. The van der Waals surface area contributed by atoms with E-state index in [1.165, 1.54) is 11.3 Å². The standard InChI is InChI=1S/C16H26N4/c1-18(2)10-11-19-12-14-4-3-5-16(15(14)13-19)20-8-6-17-7-9-20/h3-5,17H,6-13H2,1-2H3. The van der Waals surface area contributed by atoms with Crippen LogP contribution in [-0.2, 0) is 13.1 Å². The summed E-state index contributed by atoms with van der Waals surface area (Å²) in [5, 5.41) is 3.44. The Bertz CT molecular complexity index is 452. The number of rotatable bonds is 4. The molecule has 0 spiro atoms. The lowest BCUT2D eigenvalue weighted by Gasteiger charge is -2.31. The Morgan fingerprint density at radius 2 is 1.95 bits per heavy atom. The van der Waals surface area contributed by atoms with Crippen LogP contribution in [0.15, 0.2) is 18.2 Å². The molecule has 1 N–H and O–H groups in total. The fraction of sp³-hybridized carbons (Fsp3) is 0.625. The number of benzene rings is 1. The normalized spacial score (nSPS) is 19.6. The lowest BCUT2D eigenvalue weighted by atomic mass is 10.1. The van der Waals surface area contributed by atoms with Gasteiger partial charge >= 0.3 is 0 Å². The van der Waals surface area contributed by atoms with Crippen LogP contribution in [-0.4, -0.2) is 63.2 Å². The van der Waals surface area contributed by atoms with E-state index in [1.807, 2.05) is 0 Å². The largest absolute Gasteiger partial charge is 0.369 e. The van der Waals surface area contributed by atoms with Crippen LogP contribution in [0.5, 0.6) is 0 Å². The van der Waals surface area contributed by atoms with E-state index in [-0.39, 0.29) is 0 Å². The molecule has 0 saturated carbocycles. The molecule has 3 rings (SSSR count). The predicted octanol–water partition coefficient (Wildman–Crippen LogP) is 0.973. The molecule has 4 nitrogen and oxygen atoms in total. The van der Waals surface area contributed by atoms with Gasteiger partial charge < -0.3 is 15.1 Å². The van der Waals surface area contributed by atoms with Crippen LogP contribution in [0.2, 0.25) is 0 Å². The number of likely N-dealkylation sites (N-methyl/N-ethyl adjacent to an activating group) is 1. The summed E-state index contributed by atoms with van der Waals surface area (Å²) in [6.07, 6.45) is 0. The van der Waals surface area contributed by atoms with Crippen LogP contribution in [0.4, 0.5) is 5.69 Å². The Kier molecular flexibility index (Phi) is 4.24. The summed E-state index contributed by atoms with van der Waals surface area (Å²) in [4.78, 5) is 7.38. The first-order valence-electron chi connectivity index (χ1n) is 7.67. The number of nitrogens with one attached hydrogen (secondary N) is 1. The van der Waals surface area contributed by atoms with Gasteiger partial charge in [0.05, 0.1) is 0 Å². The fourth-order valence-corrected chi connectivity index (χ4v) is 3.17. The lowest BCUT2D eigenvalue weighted by molar-refractivity contribution is 0.246. The van der Waals surface area contributed by atoms with Gasteiger partial charge in [-0.25, -0.2) is 0 Å². The van der Waals surface area contributed by atoms with Crippen LogP contribution < -0.4 is 10.2 Å². The monoisotopic (exact) mass is 274 g/mol. The highest BCUT2D eigenvalue weighted by Gasteiger charge is 2.24. The molecule has 1 saturated heterocycles. The van der Waals surface area contributed by atoms with Gasteiger partial charge in [0, 0.05) is 58.0 Å². The van der Waals surface area contributed by atoms with Crippen molar-refractivity contribution in [1.29, 1.82) is 0 Å². The van der Waals surface area contributed by atoms with Crippen LogP contribution >= 0.6 is 0 Å². The Balaban J connectivity index is 1.72. The summed E-state index contributed by atoms with van der Waals surface area (Å²) in [5.41, 5.74) is 4.56. The second-order valence-electron chi connectivity index (χ2n) is 6.17. The molecular formula is C16H26N4. The molecule has 2 heterocycles. The Labute approximate surface area is 122 Å². The van der Waals surface area contributed by atoms with Crippen molar-refractivity contribution in [3.8, 4) is 0 Å². The van der Waals surface area contributed by atoms with Gasteiger partial charge in [-0.05, 0) is 31.3 Å². The van der Waals surface area contributed by atoms with Crippen LogP contribution in [0, 0.1) is 0 Å². The quantitative estimate of drug-likeness (QED) is 0.883. The zero-order valence-electron chi connectivity index (χ0n) is 12.7. The van der Waals surface area contributed by atoms with Crippen LogP contribution in [0.25, 0.3) is 0 Å². The lowest BCUT2D eigenvalue weighted by Crippen LogP contribution is -2.43. The van der Waals surface area contributed by atoms with Gasteiger partial charge in [0.1, 0.15) is 0 Å². The van der Waals surface area contributed by atoms with Gasteiger partial charge in [0.25, 0.3) is 0 Å². The molecule has 110 valence electrons. The van der Waals surface area contributed by atoms with E-state index in [0.29, 0.717) is 0 Å². The minimum absolute atomic E-state index is 1.11. The van der Waals surface area contributed by atoms with Crippen molar-refractivity contribution in [3.63, 3.8) is 0 Å². The summed E-state index contributed by atoms with van der Waals surface area (Å²) >= 11 is 0. The second-order valence-corrected chi connectivity index (χ2v) is 6.17. The molecular weight excluding hydrogens is 248 g/mol. The average Bonchev–Trinajstić information content (AvgIpc) is 2.89. The van der Waals surface area contributed by atoms with Gasteiger partial charge in [-0.3, -0.25) is 4.90 Å². The smallest absolute Gasteiger partial charge is 0.0416 e. The summed E-state index contributed by atoms with van der Waals surface area (Å²) in [7, 11) is 4.30. The number of hydrogen-bond donors (Lipinski definition) is 1. The molecule has 1 aromatic rings. The molecule has 0 bridgehead atoms. The van der Waals surface area contributed by atoms with Crippen molar-refractivity contribution in [2.75, 3.05) is 58.3 Å². The summed E-state index contributed by atoms with van der Waals surface area (Å²) in [5.74, 6) is 0. The molecule has 0 radical (unpaired) electrons. The minimum atomic E-state index is 1.11. The average molecular weight is 274 g/mol. The van der Waals surface area contributed by atoms with Gasteiger partial charge in [-0.2, -0.15) is 0 Å². The molecule has 0 atom stereocenters. The van der Waals surface area contributed by atoms with Crippen molar-refractivity contribution < 1.29 is 0 Å². The van der Waals surface area contributed by atoms with E-state index in [2.05, 4.69) is 52.3 Å². The van der Waals surface area contributed by atoms with Gasteiger partial charge in [0.2, 0.25) is 0 Å². The topological polar surface area (TPSA) is 21.8 Å². The maximum Gasteiger partial charge on any atom is 0.0416 e. The second kappa shape index (κ2) is 6.12. The van der Waals surface area contributed by atoms with Gasteiger partial charge in [0.15, 0.2) is 0 Å². The molecule has 4 heteroatoms. The Morgan fingerprint density at radius 1 is 1.15 bits per heavy atom. The SMILES string of the molecule is CN(C)CCN1Cc2cccc(N3CCNCC3)c2C1. The van der Waals surface area contributed by atoms with E-state index in [9.17, 15) is 0 Å². The molecule has 0 aromatic heterocycles. The van der Waals surface area contributed by atoms with E-state index in [0.717, 1.165) is 52.4 Å². The van der Waals surface area contributed by atoms with Gasteiger partial charge in [-0.1, -0.05) is 12.1 Å². The third-order valence-electron chi connectivity index (χ3n) is 4.35. The maximum atomic E-state index is 3.44. The molecule has 0 aliphatic carbocycles. The first-order chi connectivity index (χ1) is 9.74. The highest BCUT2D eigenvalue weighted by atomic mass is 15.2. The molecule has 2 aliphatic heterocycles.